The van der Waals surface area contributed by atoms with Crippen molar-refractivity contribution in [3.63, 3.8) is 0 Å². The minimum absolute atomic E-state index is 0.00872. The second-order valence-electron chi connectivity index (χ2n) is 8.67. The largest absolute Gasteiger partial charge is 0.497 e. The number of carbonyl (C=O) groups is 1. The van der Waals surface area contributed by atoms with Crippen molar-refractivity contribution in [2.75, 3.05) is 13.7 Å². The molecular weight excluding hydrogens is 402 g/mol. The lowest BCUT2D eigenvalue weighted by atomic mass is 10.00. The number of ether oxygens (including phenoxy) is 2. The Hall–Kier alpha value is -3.12. The van der Waals surface area contributed by atoms with Gasteiger partial charge in [0.15, 0.2) is 0 Å². The minimum Gasteiger partial charge on any atom is -0.497 e. The van der Waals surface area contributed by atoms with Crippen LogP contribution in [0.25, 0.3) is 11.1 Å². The Kier molecular flexibility index (Phi) is 5.47. The van der Waals surface area contributed by atoms with Crippen molar-refractivity contribution in [3.8, 4) is 16.9 Å². The van der Waals surface area contributed by atoms with E-state index in [-0.39, 0.29) is 24.2 Å². The number of nitrogens with zero attached hydrogens (tertiary/aromatic N) is 3. The number of hydrogen-bond donors (Lipinski definition) is 0. The number of hydrogen-bond acceptors (Lipinski definition) is 4. The number of amides is 1. The molecule has 0 spiro atoms. The lowest BCUT2D eigenvalue weighted by Gasteiger charge is -2.29. The van der Waals surface area contributed by atoms with Crippen molar-refractivity contribution in [1.29, 1.82) is 0 Å². The molecule has 2 aliphatic heterocycles. The Bertz CT molecular complexity index is 1120. The maximum atomic E-state index is 13.4. The zero-order chi connectivity index (χ0) is 22.2. The molecule has 6 heteroatoms. The Balaban J connectivity index is 1.40. The molecule has 3 aromatic rings. The van der Waals surface area contributed by atoms with E-state index in [9.17, 15) is 4.79 Å². The van der Waals surface area contributed by atoms with Crippen LogP contribution in [0.15, 0.2) is 54.9 Å². The van der Waals surface area contributed by atoms with E-state index in [1.165, 1.54) is 0 Å². The SMILES string of the molecule is COc1ccc([C@@H](C)N2C(=O)c3cc(-c4cnn(C5CCCCO5)c4)ccc3C2C)cc1. The van der Waals surface area contributed by atoms with Crippen molar-refractivity contribution in [2.24, 2.45) is 0 Å². The third-order valence-corrected chi connectivity index (χ3v) is 6.79. The van der Waals surface area contributed by atoms with Gasteiger partial charge in [-0.05, 0) is 68.0 Å². The lowest BCUT2D eigenvalue weighted by molar-refractivity contribution is -0.0394. The first-order valence-corrected chi connectivity index (χ1v) is 11.3. The van der Waals surface area contributed by atoms with Crippen LogP contribution in [0.3, 0.4) is 0 Å². The predicted octanol–water partition coefficient (Wildman–Crippen LogP) is 5.54. The maximum Gasteiger partial charge on any atom is 0.255 e. The minimum atomic E-state index is -0.0366. The predicted molar refractivity (Wildman–Crippen MR) is 122 cm³/mol. The molecule has 1 saturated heterocycles. The van der Waals surface area contributed by atoms with Gasteiger partial charge in [-0.25, -0.2) is 4.68 Å². The van der Waals surface area contributed by atoms with Gasteiger partial charge in [-0.2, -0.15) is 5.10 Å². The first kappa shape index (κ1) is 20.8. The zero-order valence-corrected chi connectivity index (χ0v) is 18.8. The summed E-state index contributed by atoms with van der Waals surface area (Å²) in [4.78, 5) is 15.4. The molecule has 32 heavy (non-hydrogen) atoms. The number of carbonyl (C=O) groups excluding carboxylic acids is 1. The standard InChI is InChI=1S/C26H29N3O3/c1-17(19-7-10-22(31-3)11-8-19)29-18(2)23-12-9-20(14-24(23)26(29)30)21-15-27-28(16-21)25-6-4-5-13-32-25/h7-12,14-18,25H,4-6,13H2,1-3H3/t17-,18?,25?/m1/s1. The Morgan fingerprint density at radius 1 is 1.12 bits per heavy atom. The molecule has 1 fully saturated rings. The summed E-state index contributed by atoms with van der Waals surface area (Å²) in [7, 11) is 1.66. The monoisotopic (exact) mass is 431 g/mol. The number of benzene rings is 2. The number of fused-ring (bicyclic) bond motifs is 1. The summed E-state index contributed by atoms with van der Waals surface area (Å²) in [5.74, 6) is 0.884. The molecule has 6 nitrogen and oxygen atoms in total. The van der Waals surface area contributed by atoms with Crippen LogP contribution in [0.2, 0.25) is 0 Å². The van der Waals surface area contributed by atoms with Gasteiger partial charge in [0.05, 0.1) is 25.4 Å². The molecule has 166 valence electrons. The maximum absolute atomic E-state index is 13.4. The summed E-state index contributed by atoms with van der Waals surface area (Å²) in [5.41, 5.74) is 4.95. The fourth-order valence-corrected chi connectivity index (χ4v) is 4.88. The molecule has 2 aromatic carbocycles. The molecule has 2 aliphatic rings. The summed E-state index contributed by atoms with van der Waals surface area (Å²) in [6.07, 6.45) is 7.15. The van der Waals surface area contributed by atoms with E-state index in [0.717, 1.165) is 59.4 Å². The van der Waals surface area contributed by atoms with E-state index in [2.05, 4.69) is 31.1 Å². The van der Waals surface area contributed by atoms with Crippen LogP contribution in [0, 0.1) is 0 Å². The lowest BCUT2D eigenvalue weighted by Crippen LogP contribution is -2.29. The normalized spacial score (nSPS) is 21.5. The van der Waals surface area contributed by atoms with Crippen LogP contribution in [0.5, 0.6) is 5.75 Å². The van der Waals surface area contributed by atoms with Crippen LogP contribution < -0.4 is 4.74 Å². The summed E-state index contributed by atoms with van der Waals surface area (Å²) in [6.45, 7) is 4.96. The molecule has 0 saturated carbocycles. The van der Waals surface area contributed by atoms with Gasteiger partial charge < -0.3 is 14.4 Å². The average Bonchev–Trinajstić information content (AvgIpc) is 3.43. The Morgan fingerprint density at radius 2 is 1.94 bits per heavy atom. The highest BCUT2D eigenvalue weighted by Gasteiger charge is 2.37. The topological polar surface area (TPSA) is 56.6 Å². The first-order valence-electron chi connectivity index (χ1n) is 11.3. The van der Waals surface area contributed by atoms with E-state index in [0.29, 0.717) is 0 Å². The van der Waals surface area contributed by atoms with E-state index in [1.807, 2.05) is 52.3 Å². The van der Waals surface area contributed by atoms with E-state index >= 15 is 0 Å². The Labute approximate surface area is 188 Å². The van der Waals surface area contributed by atoms with Crippen molar-refractivity contribution in [1.82, 2.24) is 14.7 Å². The third-order valence-electron chi connectivity index (χ3n) is 6.79. The highest BCUT2D eigenvalue weighted by atomic mass is 16.5. The van der Waals surface area contributed by atoms with E-state index in [1.54, 1.807) is 7.11 Å². The van der Waals surface area contributed by atoms with Crippen LogP contribution in [0.1, 0.15) is 72.9 Å². The van der Waals surface area contributed by atoms with Crippen LogP contribution >= 0.6 is 0 Å². The molecule has 0 radical (unpaired) electrons. The fourth-order valence-electron chi connectivity index (χ4n) is 4.88. The second kappa shape index (κ2) is 8.43. The van der Waals surface area contributed by atoms with Crippen LogP contribution in [-0.4, -0.2) is 34.3 Å². The van der Waals surface area contributed by atoms with Crippen molar-refractivity contribution in [2.45, 2.75) is 51.4 Å². The van der Waals surface area contributed by atoms with Gasteiger partial charge in [0.2, 0.25) is 0 Å². The molecule has 1 amide bonds. The molecule has 3 heterocycles. The first-order chi connectivity index (χ1) is 15.6. The molecular formula is C26H29N3O3. The highest BCUT2D eigenvalue weighted by Crippen LogP contribution is 2.41. The molecule has 0 bridgehead atoms. The van der Waals surface area contributed by atoms with Crippen molar-refractivity contribution >= 4 is 5.91 Å². The van der Waals surface area contributed by atoms with E-state index in [4.69, 9.17) is 9.47 Å². The zero-order valence-electron chi connectivity index (χ0n) is 18.8. The van der Waals surface area contributed by atoms with Gasteiger partial charge >= 0.3 is 0 Å². The summed E-state index contributed by atoms with van der Waals surface area (Å²) in [5, 5.41) is 4.53. The smallest absolute Gasteiger partial charge is 0.255 e. The fraction of sp³-hybridized carbons (Fsp3) is 0.385. The van der Waals surface area contributed by atoms with Gasteiger partial charge in [0.1, 0.15) is 12.0 Å². The van der Waals surface area contributed by atoms with Crippen molar-refractivity contribution in [3.05, 3.63) is 71.5 Å². The molecule has 1 aromatic heterocycles. The van der Waals surface area contributed by atoms with Crippen LogP contribution in [-0.2, 0) is 4.74 Å². The Morgan fingerprint density at radius 3 is 2.66 bits per heavy atom. The molecule has 3 atom stereocenters. The van der Waals surface area contributed by atoms with Gasteiger partial charge in [0, 0.05) is 23.9 Å². The number of rotatable bonds is 5. The summed E-state index contributed by atoms with van der Waals surface area (Å²) in [6, 6.07) is 14.1. The average molecular weight is 432 g/mol. The second-order valence-corrected chi connectivity index (χ2v) is 8.67. The van der Waals surface area contributed by atoms with Gasteiger partial charge in [0.25, 0.3) is 5.91 Å². The summed E-state index contributed by atoms with van der Waals surface area (Å²) >= 11 is 0. The molecule has 5 rings (SSSR count). The van der Waals surface area contributed by atoms with E-state index < -0.39 is 0 Å². The molecule has 0 N–H and O–H groups in total. The van der Waals surface area contributed by atoms with Crippen LogP contribution in [0.4, 0.5) is 0 Å². The quantitative estimate of drug-likeness (QED) is 0.533. The van der Waals surface area contributed by atoms with Gasteiger partial charge in [-0.3, -0.25) is 4.79 Å². The number of aromatic nitrogens is 2. The molecule has 0 aliphatic carbocycles. The number of methoxy groups -OCH3 is 1. The van der Waals surface area contributed by atoms with Crippen molar-refractivity contribution < 1.29 is 14.3 Å². The van der Waals surface area contributed by atoms with Gasteiger partial charge in [-0.15, -0.1) is 0 Å². The highest BCUT2D eigenvalue weighted by molar-refractivity contribution is 6.00. The third kappa shape index (κ3) is 3.58. The van der Waals surface area contributed by atoms with Gasteiger partial charge in [-0.1, -0.05) is 24.3 Å². The molecule has 2 unspecified atom stereocenters. The summed E-state index contributed by atoms with van der Waals surface area (Å²) < 4.78 is 13.0.